The Kier molecular flexibility index (Phi) is 5.55. The molecule has 2 amide bonds. The molecule has 0 saturated carbocycles. The van der Waals surface area contributed by atoms with Gasteiger partial charge in [0, 0.05) is 5.92 Å². The first-order valence-electron chi connectivity index (χ1n) is 7.50. The van der Waals surface area contributed by atoms with Gasteiger partial charge in [-0.05, 0) is 12.8 Å². The third kappa shape index (κ3) is 3.72. The van der Waals surface area contributed by atoms with Crippen LogP contribution in [-0.4, -0.2) is 56.0 Å². The third-order valence-electron chi connectivity index (χ3n) is 4.13. The highest BCUT2D eigenvalue weighted by atomic mass is 16.6. The van der Waals surface area contributed by atoms with E-state index in [0.717, 1.165) is 12.8 Å². The average molecular weight is 300 g/mol. The van der Waals surface area contributed by atoms with E-state index in [0.29, 0.717) is 13.2 Å². The maximum absolute atomic E-state index is 12.1. The van der Waals surface area contributed by atoms with Crippen LogP contribution in [-0.2, 0) is 23.8 Å². The first-order valence-corrected chi connectivity index (χ1v) is 7.50. The maximum Gasteiger partial charge on any atom is 0.243 e. The van der Waals surface area contributed by atoms with Crippen LogP contribution in [0.3, 0.4) is 0 Å². The normalized spacial score (nSPS) is 31.4. The van der Waals surface area contributed by atoms with Crippen LogP contribution in [0.2, 0.25) is 0 Å². The topological polar surface area (TPSA) is 99.9 Å². The van der Waals surface area contributed by atoms with E-state index in [4.69, 9.17) is 19.9 Å². The number of carbonyl (C=O) groups is 2. The van der Waals surface area contributed by atoms with Crippen molar-refractivity contribution in [3.05, 3.63) is 0 Å². The zero-order valence-electron chi connectivity index (χ0n) is 12.5. The molecule has 3 N–H and O–H groups in total. The number of primary amides is 1. The molecule has 0 unspecified atom stereocenters. The Bertz CT molecular complexity index is 386. The number of hydrogen-bond donors (Lipinski definition) is 2. The van der Waals surface area contributed by atoms with Crippen LogP contribution in [0.1, 0.15) is 26.7 Å². The predicted molar refractivity (Wildman–Crippen MR) is 74.4 cm³/mol. The number of carbonyl (C=O) groups excluding carboxylic acids is 2. The van der Waals surface area contributed by atoms with Gasteiger partial charge >= 0.3 is 0 Å². The number of fused-ring (bicyclic) bond motifs is 1. The van der Waals surface area contributed by atoms with Crippen LogP contribution in [0.15, 0.2) is 0 Å². The minimum Gasteiger partial charge on any atom is -0.370 e. The molecule has 21 heavy (non-hydrogen) atoms. The Hall–Kier alpha value is -1.18. The van der Waals surface area contributed by atoms with Gasteiger partial charge in [-0.1, -0.05) is 13.8 Å². The van der Waals surface area contributed by atoms with Gasteiger partial charge in [0.15, 0.2) is 0 Å². The molecule has 2 aliphatic rings. The first-order chi connectivity index (χ1) is 10.1. The van der Waals surface area contributed by atoms with E-state index in [2.05, 4.69) is 5.32 Å². The van der Waals surface area contributed by atoms with Crippen molar-refractivity contribution >= 4 is 11.8 Å². The lowest BCUT2D eigenvalue weighted by Gasteiger charge is -2.20. The molecule has 0 aromatic rings. The van der Waals surface area contributed by atoms with Gasteiger partial charge in [-0.25, -0.2) is 0 Å². The molecule has 120 valence electrons. The maximum atomic E-state index is 12.1. The Labute approximate surface area is 124 Å². The smallest absolute Gasteiger partial charge is 0.243 e. The lowest BCUT2D eigenvalue weighted by Crippen LogP contribution is -2.46. The second kappa shape index (κ2) is 7.20. The summed E-state index contributed by atoms with van der Waals surface area (Å²) in [6, 6.07) is -0.162. The molecule has 2 fully saturated rings. The van der Waals surface area contributed by atoms with Crippen LogP contribution in [0, 0.1) is 5.92 Å². The van der Waals surface area contributed by atoms with E-state index in [-0.39, 0.29) is 42.8 Å². The van der Waals surface area contributed by atoms with E-state index >= 15 is 0 Å². The summed E-state index contributed by atoms with van der Waals surface area (Å²) in [7, 11) is 0. The molecule has 0 aliphatic carbocycles. The Morgan fingerprint density at radius 1 is 1.24 bits per heavy atom. The van der Waals surface area contributed by atoms with Crippen molar-refractivity contribution in [3.63, 3.8) is 0 Å². The molecule has 0 spiro atoms. The van der Waals surface area contributed by atoms with Crippen molar-refractivity contribution in [2.24, 2.45) is 11.7 Å². The van der Waals surface area contributed by atoms with Crippen LogP contribution < -0.4 is 11.1 Å². The fourth-order valence-corrected chi connectivity index (χ4v) is 2.88. The van der Waals surface area contributed by atoms with Crippen LogP contribution >= 0.6 is 0 Å². The highest BCUT2D eigenvalue weighted by molar-refractivity contribution is 5.79. The number of amides is 2. The molecule has 0 bridgehead atoms. The van der Waals surface area contributed by atoms with Gasteiger partial charge in [-0.2, -0.15) is 0 Å². The predicted octanol–water partition coefficient (Wildman–Crippen LogP) is -0.424. The molecule has 2 rings (SSSR count). The number of nitrogens with two attached hydrogens (primary N) is 1. The average Bonchev–Trinajstić information content (AvgIpc) is 3.01. The van der Waals surface area contributed by atoms with Gasteiger partial charge in [-0.15, -0.1) is 0 Å². The first kappa shape index (κ1) is 16.2. The molecular formula is C14H24N2O5. The molecule has 4 atom stereocenters. The van der Waals surface area contributed by atoms with Gasteiger partial charge in [0.25, 0.3) is 0 Å². The van der Waals surface area contributed by atoms with Crippen molar-refractivity contribution in [2.75, 3.05) is 19.8 Å². The minimum atomic E-state index is -0.518. The number of ether oxygens (including phenoxy) is 3. The lowest BCUT2D eigenvalue weighted by atomic mass is 10.0. The number of rotatable bonds is 7. The van der Waals surface area contributed by atoms with Gasteiger partial charge in [0.05, 0.1) is 19.3 Å². The molecule has 2 aliphatic heterocycles. The van der Waals surface area contributed by atoms with Gasteiger partial charge < -0.3 is 25.3 Å². The molecule has 0 aromatic carbocycles. The summed E-state index contributed by atoms with van der Waals surface area (Å²) in [5, 5.41) is 3.00. The second-order valence-electron chi connectivity index (χ2n) is 5.54. The standard InChI is InChI=1S/C14H24N2O5/c1-3-8(4-2)14(18)16-9-5-20-13-10(6-21-12(9)13)19-7-11(15)17/h8-10,12-13H,3-7H2,1-2H3,(H2,15,17)(H,16,18)/t9-,10+,12+,13+/m0/s1. The Morgan fingerprint density at radius 2 is 1.90 bits per heavy atom. The lowest BCUT2D eigenvalue weighted by molar-refractivity contribution is -0.128. The van der Waals surface area contributed by atoms with E-state index in [1.54, 1.807) is 0 Å². The summed E-state index contributed by atoms with van der Waals surface area (Å²) < 4.78 is 16.7. The summed E-state index contributed by atoms with van der Waals surface area (Å²) in [6.45, 7) is 4.60. The highest BCUT2D eigenvalue weighted by Gasteiger charge is 2.49. The molecule has 2 heterocycles. The van der Waals surface area contributed by atoms with Crippen LogP contribution in [0.25, 0.3) is 0 Å². The van der Waals surface area contributed by atoms with Crippen molar-refractivity contribution in [2.45, 2.75) is 51.0 Å². The molecule has 7 heteroatoms. The molecule has 0 radical (unpaired) electrons. The van der Waals surface area contributed by atoms with E-state index in [9.17, 15) is 9.59 Å². The zero-order chi connectivity index (χ0) is 15.4. The fraction of sp³-hybridized carbons (Fsp3) is 0.857. The van der Waals surface area contributed by atoms with Gasteiger partial charge in [-0.3, -0.25) is 9.59 Å². The summed E-state index contributed by atoms with van der Waals surface area (Å²) >= 11 is 0. The van der Waals surface area contributed by atoms with Crippen LogP contribution in [0.4, 0.5) is 0 Å². The molecule has 7 nitrogen and oxygen atoms in total. The van der Waals surface area contributed by atoms with Crippen molar-refractivity contribution < 1.29 is 23.8 Å². The SMILES string of the molecule is CCC(CC)C(=O)N[C@H]1CO[C@H]2[C@@H]1OC[C@H]2OCC(N)=O. The largest absolute Gasteiger partial charge is 0.370 e. The van der Waals surface area contributed by atoms with E-state index in [1.807, 2.05) is 13.8 Å². The summed E-state index contributed by atoms with van der Waals surface area (Å²) in [5.41, 5.74) is 5.06. The number of hydrogen-bond acceptors (Lipinski definition) is 5. The Morgan fingerprint density at radius 3 is 2.52 bits per heavy atom. The van der Waals surface area contributed by atoms with Crippen molar-refractivity contribution in [1.82, 2.24) is 5.32 Å². The van der Waals surface area contributed by atoms with E-state index in [1.165, 1.54) is 0 Å². The Balaban J connectivity index is 1.86. The fourth-order valence-electron chi connectivity index (χ4n) is 2.88. The highest BCUT2D eigenvalue weighted by Crippen LogP contribution is 2.29. The minimum absolute atomic E-state index is 0.0207. The third-order valence-corrected chi connectivity index (χ3v) is 4.13. The summed E-state index contributed by atoms with van der Waals surface area (Å²) in [5.74, 6) is -0.457. The molecule has 2 saturated heterocycles. The quantitative estimate of drug-likeness (QED) is 0.665. The van der Waals surface area contributed by atoms with Gasteiger partial charge in [0.1, 0.15) is 24.9 Å². The van der Waals surface area contributed by atoms with E-state index < -0.39 is 5.91 Å². The van der Waals surface area contributed by atoms with Gasteiger partial charge in [0.2, 0.25) is 11.8 Å². The summed E-state index contributed by atoms with van der Waals surface area (Å²) in [6.07, 6.45) is 0.847. The summed E-state index contributed by atoms with van der Waals surface area (Å²) in [4.78, 5) is 22.9. The molecular weight excluding hydrogens is 276 g/mol. The van der Waals surface area contributed by atoms with Crippen LogP contribution in [0.5, 0.6) is 0 Å². The molecule has 0 aromatic heterocycles. The monoisotopic (exact) mass is 300 g/mol. The van der Waals surface area contributed by atoms with Crippen molar-refractivity contribution in [1.29, 1.82) is 0 Å². The number of nitrogens with one attached hydrogen (secondary N) is 1. The van der Waals surface area contributed by atoms with Crippen molar-refractivity contribution in [3.8, 4) is 0 Å². The zero-order valence-corrected chi connectivity index (χ0v) is 12.5. The second-order valence-corrected chi connectivity index (χ2v) is 5.54.